The van der Waals surface area contributed by atoms with Crippen LogP contribution >= 0.6 is 15.9 Å². The van der Waals surface area contributed by atoms with E-state index in [0.29, 0.717) is 10.5 Å². The fourth-order valence-electron chi connectivity index (χ4n) is 2.80. The van der Waals surface area contributed by atoms with Gasteiger partial charge in [0.15, 0.2) is 0 Å². The van der Waals surface area contributed by atoms with Crippen LogP contribution in [0.3, 0.4) is 0 Å². The van der Waals surface area contributed by atoms with Gasteiger partial charge in [-0.2, -0.15) is 5.10 Å². The molecule has 1 saturated carbocycles. The van der Waals surface area contributed by atoms with Gasteiger partial charge in [0.25, 0.3) is 5.56 Å². The molecule has 0 bridgehead atoms. The summed E-state index contributed by atoms with van der Waals surface area (Å²) in [6.45, 7) is 0.188. The second-order valence-corrected chi connectivity index (χ2v) is 6.27. The first-order valence-electron chi connectivity index (χ1n) is 7.17. The van der Waals surface area contributed by atoms with Gasteiger partial charge in [0.2, 0.25) is 0 Å². The summed E-state index contributed by atoms with van der Waals surface area (Å²) in [5.41, 5.74) is -0.0346. The summed E-state index contributed by atoms with van der Waals surface area (Å²) < 4.78 is 3.47. The van der Waals surface area contributed by atoms with Crippen molar-refractivity contribution in [2.75, 3.05) is 0 Å². The Hall–Kier alpha value is -1.63. The summed E-state index contributed by atoms with van der Waals surface area (Å²) in [7, 11) is 0. The van der Waals surface area contributed by atoms with Crippen LogP contribution < -0.4 is 11.2 Å². The van der Waals surface area contributed by atoms with Gasteiger partial charge in [0.1, 0.15) is 0 Å². The highest BCUT2D eigenvalue weighted by Gasteiger charge is 2.16. The predicted molar refractivity (Wildman–Crippen MR) is 82.5 cm³/mol. The molecule has 2 aromatic rings. The van der Waals surface area contributed by atoms with Crippen LogP contribution in [0.15, 0.2) is 32.5 Å². The van der Waals surface area contributed by atoms with E-state index >= 15 is 0 Å². The van der Waals surface area contributed by atoms with Gasteiger partial charge in [-0.3, -0.25) is 14.0 Å². The Balaban J connectivity index is 1.83. The molecule has 0 spiro atoms. The minimum Gasteiger partial charge on any atom is -0.313 e. The maximum atomic E-state index is 12.0. The standard InChI is InChI=1S/C14H17BrN4O2/c15-12-8-16-14(21)18(13(12)20)9-10-6-7-19(17-10)11-4-2-1-3-5-11/h6-8,11H,1-5,9H2,(H,16,21). The lowest BCUT2D eigenvalue weighted by Gasteiger charge is -2.21. The predicted octanol–water partition coefficient (Wildman–Crippen LogP) is 2.05. The second kappa shape index (κ2) is 6.01. The lowest BCUT2D eigenvalue weighted by Crippen LogP contribution is -2.35. The largest absolute Gasteiger partial charge is 0.328 e. The molecule has 0 saturated heterocycles. The van der Waals surface area contributed by atoms with E-state index in [1.165, 1.54) is 25.5 Å². The van der Waals surface area contributed by atoms with E-state index in [9.17, 15) is 9.59 Å². The van der Waals surface area contributed by atoms with Crippen LogP contribution in [0.25, 0.3) is 0 Å². The minimum atomic E-state index is -0.421. The molecule has 112 valence electrons. The van der Waals surface area contributed by atoms with Crippen LogP contribution in [-0.4, -0.2) is 19.3 Å². The van der Waals surface area contributed by atoms with Gasteiger partial charge < -0.3 is 4.98 Å². The fourth-order valence-corrected chi connectivity index (χ4v) is 3.13. The van der Waals surface area contributed by atoms with E-state index in [-0.39, 0.29) is 12.1 Å². The Morgan fingerprint density at radius 2 is 2.05 bits per heavy atom. The summed E-state index contributed by atoms with van der Waals surface area (Å²) in [6.07, 6.45) is 9.39. The molecule has 0 radical (unpaired) electrons. The molecule has 0 amide bonds. The third-order valence-electron chi connectivity index (χ3n) is 3.95. The first-order valence-corrected chi connectivity index (χ1v) is 7.96. The van der Waals surface area contributed by atoms with Crippen molar-refractivity contribution in [2.24, 2.45) is 0 Å². The molecule has 21 heavy (non-hydrogen) atoms. The molecule has 1 aliphatic rings. The van der Waals surface area contributed by atoms with Crippen molar-refractivity contribution in [3.8, 4) is 0 Å². The quantitative estimate of drug-likeness (QED) is 0.918. The third-order valence-corrected chi connectivity index (χ3v) is 4.52. The van der Waals surface area contributed by atoms with Gasteiger partial charge in [0, 0.05) is 12.4 Å². The highest BCUT2D eigenvalue weighted by atomic mass is 79.9. The zero-order chi connectivity index (χ0) is 14.8. The van der Waals surface area contributed by atoms with E-state index in [1.54, 1.807) is 0 Å². The van der Waals surface area contributed by atoms with E-state index in [0.717, 1.165) is 23.1 Å². The van der Waals surface area contributed by atoms with Gasteiger partial charge in [-0.25, -0.2) is 4.79 Å². The van der Waals surface area contributed by atoms with Crippen LogP contribution in [0.5, 0.6) is 0 Å². The van der Waals surface area contributed by atoms with Gasteiger partial charge in [-0.05, 0) is 34.8 Å². The summed E-state index contributed by atoms with van der Waals surface area (Å²) >= 11 is 3.13. The van der Waals surface area contributed by atoms with Crippen molar-refractivity contribution in [1.82, 2.24) is 19.3 Å². The minimum absolute atomic E-state index is 0.188. The van der Waals surface area contributed by atoms with Gasteiger partial charge in [-0.1, -0.05) is 19.3 Å². The zero-order valence-electron chi connectivity index (χ0n) is 11.6. The second-order valence-electron chi connectivity index (χ2n) is 5.41. The third kappa shape index (κ3) is 3.02. The topological polar surface area (TPSA) is 72.7 Å². The molecule has 0 aromatic carbocycles. The van der Waals surface area contributed by atoms with Crippen LogP contribution in [-0.2, 0) is 6.54 Å². The van der Waals surface area contributed by atoms with Crippen LogP contribution in [0.4, 0.5) is 0 Å². The molecule has 2 heterocycles. The zero-order valence-corrected chi connectivity index (χ0v) is 13.2. The molecule has 0 aliphatic heterocycles. The number of hydrogen-bond donors (Lipinski definition) is 1. The summed E-state index contributed by atoms with van der Waals surface area (Å²) in [6, 6.07) is 2.33. The highest BCUT2D eigenvalue weighted by Crippen LogP contribution is 2.27. The summed E-state index contributed by atoms with van der Waals surface area (Å²) in [5, 5.41) is 4.53. The van der Waals surface area contributed by atoms with E-state index in [4.69, 9.17) is 0 Å². The van der Waals surface area contributed by atoms with Crippen LogP contribution in [0.2, 0.25) is 0 Å². The molecule has 1 N–H and O–H groups in total. The molecule has 2 aromatic heterocycles. The maximum Gasteiger partial charge on any atom is 0.328 e. The average molecular weight is 353 g/mol. The number of aromatic nitrogens is 4. The van der Waals surface area contributed by atoms with Crippen molar-refractivity contribution >= 4 is 15.9 Å². The molecular formula is C14H17BrN4O2. The van der Waals surface area contributed by atoms with E-state index in [1.807, 2.05) is 16.9 Å². The lowest BCUT2D eigenvalue weighted by atomic mass is 9.96. The Morgan fingerprint density at radius 3 is 2.81 bits per heavy atom. The maximum absolute atomic E-state index is 12.0. The van der Waals surface area contributed by atoms with Crippen molar-refractivity contribution in [3.05, 3.63) is 49.5 Å². The van der Waals surface area contributed by atoms with Crippen molar-refractivity contribution in [3.63, 3.8) is 0 Å². The summed E-state index contributed by atoms with van der Waals surface area (Å²) in [5.74, 6) is 0. The molecular weight excluding hydrogens is 336 g/mol. The normalized spacial score (nSPS) is 16.2. The Labute approximate surface area is 129 Å². The molecule has 0 unspecified atom stereocenters. The first-order chi connectivity index (χ1) is 10.1. The van der Waals surface area contributed by atoms with Crippen molar-refractivity contribution < 1.29 is 0 Å². The van der Waals surface area contributed by atoms with Gasteiger partial charge >= 0.3 is 5.69 Å². The smallest absolute Gasteiger partial charge is 0.313 e. The number of nitrogens with zero attached hydrogens (tertiary/aromatic N) is 3. The average Bonchev–Trinajstić information content (AvgIpc) is 2.97. The number of rotatable bonds is 3. The summed E-state index contributed by atoms with van der Waals surface area (Å²) in [4.78, 5) is 26.2. The lowest BCUT2D eigenvalue weighted by molar-refractivity contribution is 0.327. The van der Waals surface area contributed by atoms with Gasteiger partial charge in [-0.15, -0.1) is 0 Å². The van der Waals surface area contributed by atoms with E-state index in [2.05, 4.69) is 26.0 Å². The van der Waals surface area contributed by atoms with E-state index < -0.39 is 5.69 Å². The monoisotopic (exact) mass is 352 g/mol. The van der Waals surface area contributed by atoms with Crippen molar-refractivity contribution in [2.45, 2.75) is 44.7 Å². The van der Waals surface area contributed by atoms with Crippen molar-refractivity contribution in [1.29, 1.82) is 0 Å². The SMILES string of the molecule is O=c1[nH]cc(Br)c(=O)n1Cc1ccn(C2CCCCC2)n1. The number of nitrogens with one attached hydrogen (secondary N) is 1. The van der Waals surface area contributed by atoms with Crippen LogP contribution in [0, 0.1) is 0 Å². The number of H-pyrrole nitrogens is 1. The number of halogens is 1. The molecule has 1 fully saturated rings. The molecule has 3 rings (SSSR count). The fraction of sp³-hybridized carbons (Fsp3) is 0.500. The molecule has 6 nitrogen and oxygen atoms in total. The Bertz CT molecular complexity index is 740. The number of hydrogen-bond acceptors (Lipinski definition) is 3. The first kappa shape index (κ1) is 14.3. The Morgan fingerprint density at radius 1 is 1.29 bits per heavy atom. The number of aromatic amines is 1. The van der Waals surface area contributed by atoms with Crippen LogP contribution in [0.1, 0.15) is 43.8 Å². The highest BCUT2D eigenvalue weighted by molar-refractivity contribution is 9.10. The molecule has 0 atom stereocenters. The molecule has 7 heteroatoms. The van der Waals surface area contributed by atoms with Gasteiger partial charge in [0.05, 0.1) is 22.8 Å². The molecule has 1 aliphatic carbocycles. The Kier molecular flexibility index (Phi) is 4.10.